The van der Waals surface area contributed by atoms with Crippen LogP contribution in [0.1, 0.15) is 11.1 Å². The first-order chi connectivity index (χ1) is 8.58. The van der Waals surface area contributed by atoms with Crippen LogP contribution in [0.25, 0.3) is 0 Å². The molecule has 0 amide bonds. The number of nitrogens with zero attached hydrogens (tertiary/aromatic N) is 1. The zero-order valence-corrected chi connectivity index (χ0v) is 11.4. The molecule has 0 unspecified atom stereocenters. The number of nitrogens with one attached hydrogen (secondary N) is 1. The van der Waals surface area contributed by atoms with Crippen molar-refractivity contribution in [1.29, 1.82) is 0 Å². The largest absolute Gasteiger partial charge is 0.399 e. The second kappa shape index (κ2) is 5.46. The minimum Gasteiger partial charge on any atom is -0.399 e. The summed E-state index contributed by atoms with van der Waals surface area (Å²) in [5, 5.41) is 4.24. The van der Waals surface area contributed by atoms with Crippen LogP contribution >= 0.6 is 23.2 Å². The second-order valence-corrected chi connectivity index (χ2v) is 4.83. The van der Waals surface area contributed by atoms with Crippen molar-refractivity contribution < 1.29 is 0 Å². The molecule has 0 atom stereocenters. The van der Waals surface area contributed by atoms with Gasteiger partial charge in [-0.2, -0.15) is 0 Å². The maximum atomic E-state index is 6.10. The molecule has 5 heteroatoms. The van der Waals surface area contributed by atoms with Crippen molar-refractivity contribution in [1.82, 2.24) is 4.98 Å². The summed E-state index contributed by atoms with van der Waals surface area (Å²) in [7, 11) is 0. The van der Waals surface area contributed by atoms with Gasteiger partial charge in [0.1, 0.15) is 0 Å². The highest BCUT2D eigenvalue weighted by Crippen LogP contribution is 2.33. The Balaban J connectivity index is 2.19. The summed E-state index contributed by atoms with van der Waals surface area (Å²) in [5.41, 5.74) is 9.16. The number of nitrogens with two attached hydrogens (primary N) is 1. The number of aryl methyl sites for hydroxylation is 1. The van der Waals surface area contributed by atoms with Crippen molar-refractivity contribution in [3.63, 3.8) is 0 Å². The number of halogens is 2. The van der Waals surface area contributed by atoms with E-state index in [9.17, 15) is 0 Å². The Bertz CT molecular complexity index is 547. The lowest BCUT2D eigenvalue weighted by atomic mass is 10.1. The summed E-state index contributed by atoms with van der Waals surface area (Å²) in [5.74, 6) is 0. The van der Waals surface area contributed by atoms with Gasteiger partial charge in [0.2, 0.25) is 0 Å². The van der Waals surface area contributed by atoms with E-state index in [0.29, 0.717) is 28.0 Å². The Hall–Kier alpha value is -1.45. The first-order valence-electron chi connectivity index (χ1n) is 5.46. The molecule has 0 spiro atoms. The quantitative estimate of drug-likeness (QED) is 0.840. The Morgan fingerprint density at radius 3 is 2.56 bits per heavy atom. The SMILES string of the molecule is Cc1ccncc1CNc1c(Cl)cc(N)cc1Cl. The molecule has 3 N–H and O–H groups in total. The number of hydrogen-bond donors (Lipinski definition) is 2. The van der Waals surface area contributed by atoms with E-state index >= 15 is 0 Å². The fraction of sp³-hybridized carbons (Fsp3) is 0.154. The van der Waals surface area contributed by atoms with Crippen LogP contribution in [-0.4, -0.2) is 4.98 Å². The monoisotopic (exact) mass is 281 g/mol. The first kappa shape index (κ1) is 13.0. The topological polar surface area (TPSA) is 50.9 Å². The van der Waals surface area contributed by atoms with Crippen molar-refractivity contribution in [2.24, 2.45) is 0 Å². The smallest absolute Gasteiger partial charge is 0.0723 e. The van der Waals surface area contributed by atoms with Crippen LogP contribution in [0, 0.1) is 6.92 Å². The molecule has 1 aromatic carbocycles. The van der Waals surface area contributed by atoms with E-state index in [1.807, 2.05) is 19.2 Å². The summed E-state index contributed by atoms with van der Waals surface area (Å²) in [6.07, 6.45) is 3.59. The highest BCUT2D eigenvalue weighted by Gasteiger charge is 2.07. The fourth-order valence-corrected chi connectivity index (χ4v) is 2.26. The minimum atomic E-state index is 0.515. The van der Waals surface area contributed by atoms with Gasteiger partial charge in [-0.05, 0) is 36.2 Å². The minimum absolute atomic E-state index is 0.515. The van der Waals surface area contributed by atoms with Crippen molar-refractivity contribution in [3.8, 4) is 0 Å². The summed E-state index contributed by atoms with van der Waals surface area (Å²) >= 11 is 12.2. The molecule has 0 aliphatic carbocycles. The molecule has 18 heavy (non-hydrogen) atoms. The van der Waals surface area contributed by atoms with Crippen molar-refractivity contribution in [3.05, 3.63) is 51.8 Å². The molecular formula is C13H13Cl2N3. The highest BCUT2D eigenvalue weighted by atomic mass is 35.5. The fourth-order valence-electron chi connectivity index (χ4n) is 1.63. The third-order valence-corrected chi connectivity index (χ3v) is 3.26. The maximum Gasteiger partial charge on any atom is 0.0723 e. The van der Waals surface area contributed by atoms with Gasteiger partial charge in [-0.15, -0.1) is 0 Å². The van der Waals surface area contributed by atoms with E-state index in [-0.39, 0.29) is 0 Å². The molecule has 0 fully saturated rings. The van der Waals surface area contributed by atoms with Crippen LogP contribution in [0.2, 0.25) is 10.0 Å². The van der Waals surface area contributed by atoms with E-state index < -0.39 is 0 Å². The van der Waals surface area contributed by atoms with Gasteiger partial charge in [-0.3, -0.25) is 4.98 Å². The number of aromatic nitrogens is 1. The molecule has 0 saturated heterocycles. The molecule has 2 rings (SSSR count). The third kappa shape index (κ3) is 2.86. The zero-order chi connectivity index (χ0) is 13.1. The molecule has 1 heterocycles. The van der Waals surface area contributed by atoms with Gasteiger partial charge in [-0.25, -0.2) is 0 Å². The molecule has 1 aromatic heterocycles. The van der Waals surface area contributed by atoms with Crippen LogP contribution in [-0.2, 0) is 6.54 Å². The van der Waals surface area contributed by atoms with E-state index in [0.717, 1.165) is 5.56 Å². The lowest BCUT2D eigenvalue weighted by Gasteiger charge is -2.12. The van der Waals surface area contributed by atoms with E-state index in [4.69, 9.17) is 28.9 Å². The predicted octanol–water partition coefficient (Wildman–Crippen LogP) is 3.89. The van der Waals surface area contributed by atoms with Gasteiger partial charge in [-0.1, -0.05) is 23.2 Å². The van der Waals surface area contributed by atoms with E-state index in [2.05, 4.69) is 10.3 Å². The standard InChI is InChI=1S/C13H13Cl2N3/c1-8-2-3-17-6-9(8)7-18-13-11(14)4-10(16)5-12(13)15/h2-6,18H,7,16H2,1H3. The van der Waals surface area contributed by atoms with Crippen molar-refractivity contribution >= 4 is 34.6 Å². The van der Waals surface area contributed by atoms with Crippen LogP contribution in [0.5, 0.6) is 0 Å². The number of hydrogen-bond acceptors (Lipinski definition) is 3. The number of pyridine rings is 1. The van der Waals surface area contributed by atoms with Gasteiger partial charge in [0.15, 0.2) is 0 Å². The van der Waals surface area contributed by atoms with Crippen LogP contribution in [0.4, 0.5) is 11.4 Å². The highest BCUT2D eigenvalue weighted by molar-refractivity contribution is 6.39. The van der Waals surface area contributed by atoms with Gasteiger partial charge in [0.25, 0.3) is 0 Å². The lowest BCUT2D eigenvalue weighted by Crippen LogP contribution is -2.03. The molecule has 94 valence electrons. The molecule has 3 nitrogen and oxygen atoms in total. The maximum absolute atomic E-state index is 6.10. The first-order valence-corrected chi connectivity index (χ1v) is 6.21. The molecule has 0 bridgehead atoms. The molecule has 2 aromatic rings. The van der Waals surface area contributed by atoms with Gasteiger partial charge < -0.3 is 11.1 Å². The Morgan fingerprint density at radius 1 is 1.28 bits per heavy atom. The van der Waals surface area contributed by atoms with E-state index in [1.165, 1.54) is 5.56 Å². The van der Waals surface area contributed by atoms with Crippen LogP contribution in [0.3, 0.4) is 0 Å². The van der Waals surface area contributed by atoms with Crippen molar-refractivity contribution in [2.75, 3.05) is 11.1 Å². The van der Waals surface area contributed by atoms with Gasteiger partial charge >= 0.3 is 0 Å². The summed E-state index contributed by atoms with van der Waals surface area (Å²) in [4.78, 5) is 4.09. The molecule has 0 saturated carbocycles. The summed E-state index contributed by atoms with van der Waals surface area (Å²) in [6.45, 7) is 2.65. The summed E-state index contributed by atoms with van der Waals surface area (Å²) in [6, 6.07) is 5.31. The predicted molar refractivity (Wildman–Crippen MR) is 77.2 cm³/mol. The Labute approximate surface area is 116 Å². The summed E-state index contributed by atoms with van der Waals surface area (Å²) < 4.78 is 0. The Kier molecular flexibility index (Phi) is 3.94. The van der Waals surface area contributed by atoms with Gasteiger partial charge in [0.05, 0.1) is 15.7 Å². The average Bonchev–Trinajstić information content (AvgIpc) is 2.30. The van der Waals surface area contributed by atoms with Crippen molar-refractivity contribution in [2.45, 2.75) is 13.5 Å². The molecule has 0 radical (unpaired) electrons. The average molecular weight is 282 g/mol. The number of rotatable bonds is 3. The molecule has 0 aliphatic rings. The van der Waals surface area contributed by atoms with Gasteiger partial charge in [0, 0.05) is 24.6 Å². The third-order valence-electron chi connectivity index (χ3n) is 2.67. The second-order valence-electron chi connectivity index (χ2n) is 4.02. The Morgan fingerprint density at radius 2 is 1.94 bits per heavy atom. The van der Waals surface area contributed by atoms with E-state index in [1.54, 1.807) is 18.3 Å². The molecule has 0 aliphatic heterocycles. The zero-order valence-electron chi connectivity index (χ0n) is 9.87. The molecular weight excluding hydrogens is 269 g/mol. The van der Waals surface area contributed by atoms with Crippen LogP contribution < -0.4 is 11.1 Å². The number of benzene rings is 1. The lowest BCUT2D eigenvalue weighted by molar-refractivity contribution is 1.08. The van der Waals surface area contributed by atoms with Crippen LogP contribution in [0.15, 0.2) is 30.6 Å². The number of nitrogen functional groups attached to an aromatic ring is 1. The number of anilines is 2. The normalized spacial score (nSPS) is 10.4.